The Kier molecular flexibility index (Phi) is 4.25. The van der Waals surface area contributed by atoms with Gasteiger partial charge in [-0.05, 0) is 54.0 Å². The van der Waals surface area contributed by atoms with Crippen LogP contribution >= 0.6 is 0 Å². The summed E-state index contributed by atoms with van der Waals surface area (Å²) < 4.78 is 11.9. The van der Waals surface area contributed by atoms with Crippen molar-refractivity contribution in [1.82, 2.24) is 4.90 Å². The molecule has 0 saturated carbocycles. The average molecular weight is 284 g/mol. The van der Waals surface area contributed by atoms with Crippen molar-refractivity contribution < 1.29 is 9.47 Å². The number of rotatable bonds is 3. The first-order valence-corrected chi connectivity index (χ1v) is 7.83. The van der Waals surface area contributed by atoms with E-state index in [4.69, 9.17) is 15.2 Å². The molecule has 3 unspecified atom stereocenters. The van der Waals surface area contributed by atoms with Crippen LogP contribution in [0.15, 0.2) is 0 Å². The van der Waals surface area contributed by atoms with Crippen LogP contribution in [0.5, 0.6) is 0 Å². The Balaban J connectivity index is 2.06. The van der Waals surface area contributed by atoms with Crippen molar-refractivity contribution in [2.24, 2.45) is 11.7 Å². The predicted molar refractivity (Wildman–Crippen MR) is 81.8 cm³/mol. The lowest BCUT2D eigenvalue weighted by atomic mass is 9.82. The number of hydrogen-bond donors (Lipinski definition) is 1. The fraction of sp³-hybridized carbons (Fsp3) is 1.00. The second-order valence-electron chi connectivity index (χ2n) is 7.93. The normalized spacial score (nSPS) is 41.0. The van der Waals surface area contributed by atoms with Crippen LogP contribution in [0.25, 0.3) is 0 Å². The summed E-state index contributed by atoms with van der Waals surface area (Å²) in [5, 5.41) is 0. The number of likely N-dealkylation sites (tertiary alicyclic amines) is 1. The molecule has 0 aromatic rings. The molecule has 2 aliphatic rings. The van der Waals surface area contributed by atoms with Crippen LogP contribution in [0, 0.1) is 5.92 Å². The summed E-state index contributed by atoms with van der Waals surface area (Å²) in [6.45, 7) is 13.9. The van der Waals surface area contributed by atoms with E-state index in [1.54, 1.807) is 0 Å². The van der Waals surface area contributed by atoms with E-state index >= 15 is 0 Å². The zero-order valence-electron chi connectivity index (χ0n) is 14.0. The number of nitrogens with two attached hydrogens (primary N) is 1. The van der Waals surface area contributed by atoms with Gasteiger partial charge in [-0.25, -0.2) is 0 Å². The molecule has 2 heterocycles. The Bertz CT molecular complexity index is 356. The van der Waals surface area contributed by atoms with E-state index < -0.39 is 0 Å². The number of methoxy groups -OCH3 is 1. The average Bonchev–Trinajstić information content (AvgIpc) is 2.48. The molecular formula is C16H32N2O2. The summed E-state index contributed by atoms with van der Waals surface area (Å²) in [7, 11) is 1.82. The van der Waals surface area contributed by atoms with E-state index in [0.29, 0.717) is 5.92 Å². The van der Waals surface area contributed by atoms with Gasteiger partial charge in [0.05, 0.1) is 16.8 Å². The van der Waals surface area contributed by atoms with Crippen molar-refractivity contribution in [1.29, 1.82) is 0 Å². The summed E-state index contributed by atoms with van der Waals surface area (Å²) in [4.78, 5) is 2.50. The summed E-state index contributed by atoms with van der Waals surface area (Å²) in [6.07, 6.45) is 2.33. The molecule has 20 heavy (non-hydrogen) atoms. The fourth-order valence-corrected chi connectivity index (χ4v) is 3.98. The van der Waals surface area contributed by atoms with Crippen LogP contribution in [0.3, 0.4) is 0 Å². The van der Waals surface area contributed by atoms with E-state index in [2.05, 4.69) is 39.5 Å². The van der Waals surface area contributed by atoms with Gasteiger partial charge in [0.25, 0.3) is 0 Å². The molecule has 4 heteroatoms. The molecule has 2 saturated heterocycles. The predicted octanol–water partition coefficient (Wildman–Crippen LogP) is 2.02. The van der Waals surface area contributed by atoms with Crippen molar-refractivity contribution in [3.63, 3.8) is 0 Å². The third kappa shape index (κ3) is 3.03. The third-order valence-corrected chi connectivity index (χ3v) is 5.34. The van der Waals surface area contributed by atoms with Crippen molar-refractivity contribution in [3.05, 3.63) is 0 Å². The lowest BCUT2D eigenvalue weighted by Gasteiger charge is -2.42. The Morgan fingerprint density at radius 2 is 1.85 bits per heavy atom. The minimum Gasteiger partial charge on any atom is -0.377 e. The molecule has 0 amide bonds. The molecule has 0 aliphatic carbocycles. The summed E-state index contributed by atoms with van der Waals surface area (Å²) in [5.41, 5.74) is 6.05. The van der Waals surface area contributed by atoms with Gasteiger partial charge in [0.2, 0.25) is 0 Å². The van der Waals surface area contributed by atoms with E-state index in [1.807, 2.05) is 7.11 Å². The smallest absolute Gasteiger partial charge is 0.0788 e. The molecule has 0 bridgehead atoms. The second kappa shape index (κ2) is 5.24. The van der Waals surface area contributed by atoms with Gasteiger partial charge in [0, 0.05) is 32.2 Å². The van der Waals surface area contributed by atoms with Crippen LogP contribution in [0.2, 0.25) is 0 Å². The molecule has 2 N–H and O–H groups in total. The Morgan fingerprint density at radius 1 is 1.20 bits per heavy atom. The zero-order chi connectivity index (χ0) is 15.2. The van der Waals surface area contributed by atoms with E-state index in [0.717, 1.165) is 26.1 Å². The van der Waals surface area contributed by atoms with Crippen molar-refractivity contribution in [3.8, 4) is 0 Å². The molecule has 3 atom stereocenters. The maximum atomic E-state index is 6.47. The summed E-state index contributed by atoms with van der Waals surface area (Å²) >= 11 is 0. The van der Waals surface area contributed by atoms with Crippen LogP contribution in [0.1, 0.15) is 47.5 Å². The summed E-state index contributed by atoms with van der Waals surface area (Å²) in [6, 6.07) is 0.0771. The van der Waals surface area contributed by atoms with E-state index in [1.165, 1.54) is 6.42 Å². The largest absolute Gasteiger partial charge is 0.377 e. The molecule has 0 aromatic heterocycles. The third-order valence-electron chi connectivity index (χ3n) is 5.34. The first-order valence-electron chi connectivity index (χ1n) is 7.83. The molecule has 0 aromatic carbocycles. The van der Waals surface area contributed by atoms with Gasteiger partial charge in [0.1, 0.15) is 0 Å². The van der Waals surface area contributed by atoms with Crippen LogP contribution < -0.4 is 5.73 Å². The standard InChI is InChI=1S/C16H32N2O2/c1-14(2)12(13(17)15(3,4)20-14)10-18-9-7-8-16(5,11-18)19-6/h12-13H,7-11,17H2,1-6H3. The number of piperidine rings is 1. The summed E-state index contributed by atoms with van der Waals surface area (Å²) in [5.74, 6) is 0.358. The molecular weight excluding hydrogens is 252 g/mol. The quantitative estimate of drug-likeness (QED) is 0.861. The fourth-order valence-electron chi connectivity index (χ4n) is 3.98. The first-order chi connectivity index (χ1) is 9.10. The van der Waals surface area contributed by atoms with Crippen molar-refractivity contribution >= 4 is 0 Å². The van der Waals surface area contributed by atoms with Gasteiger partial charge < -0.3 is 20.1 Å². The van der Waals surface area contributed by atoms with Gasteiger partial charge in [-0.3, -0.25) is 0 Å². The van der Waals surface area contributed by atoms with E-state index in [9.17, 15) is 0 Å². The Morgan fingerprint density at radius 3 is 2.35 bits per heavy atom. The minimum absolute atomic E-state index is 0.0124. The Hall–Kier alpha value is -0.160. The lowest BCUT2D eigenvalue weighted by Crippen LogP contribution is -2.53. The van der Waals surface area contributed by atoms with Crippen molar-refractivity contribution in [2.45, 2.75) is 70.3 Å². The van der Waals surface area contributed by atoms with Gasteiger partial charge in [0.15, 0.2) is 0 Å². The monoisotopic (exact) mass is 284 g/mol. The Labute approximate surface area is 124 Å². The molecule has 4 nitrogen and oxygen atoms in total. The highest BCUT2D eigenvalue weighted by Crippen LogP contribution is 2.42. The maximum Gasteiger partial charge on any atom is 0.0788 e. The highest BCUT2D eigenvalue weighted by molar-refractivity contribution is 5.05. The molecule has 2 fully saturated rings. The van der Waals surface area contributed by atoms with Crippen LogP contribution in [-0.4, -0.2) is 54.5 Å². The number of hydrogen-bond acceptors (Lipinski definition) is 4. The van der Waals surface area contributed by atoms with Crippen LogP contribution in [-0.2, 0) is 9.47 Å². The SMILES string of the molecule is COC1(C)CCCN(CC2C(N)C(C)(C)OC2(C)C)C1. The molecule has 2 aliphatic heterocycles. The second-order valence-corrected chi connectivity index (χ2v) is 7.93. The molecule has 2 rings (SSSR count). The molecule has 118 valence electrons. The van der Waals surface area contributed by atoms with Crippen molar-refractivity contribution in [2.75, 3.05) is 26.7 Å². The van der Waals surface area contributed by atoms with Crippen LogP contribution in [0.4, 0.5) is 0 Å². The number of ether oxygens (including phenoxy) is 2. The van der Waals surface area contributed by atoms with Gasteiger partial charge in [-0.15, -0.1) is 0 Å². The van der Waals surface area contributed by atoms with Gasteiger partial charge in [-0.1, -0.05) is 0 Å². The van der Waals surface area contributed by atoms with Gasteiger partial charge >= 0.3 is 0 Å². The highest BCUT2D eigenvalue weighted by Gasteiger charge is 2.52. The topological polar surface area (TPSA) is 47.7 Å². The minimum atomic E-state index is -0.242. The number of nitrogens with zero attached hydrogens (tertiary/aromatic N) is 1. The maximum absolute atomic E-state index is 6.47. The highest BCUT2D eigenvalue weighted by atomic mass is 16.5. The molecule has 0 spiro atoms. The lowest BCUT2D eigenvalue weighted by molar-refractivity contribution is -0.0855. The van der Waals surface area contributed by atoms with Gasteiger partial charge in [-0.2, -0.15) is 0 Å². The van der Waals surface area contributed by atoms with E-state index in [-0.39, 0.29) is 22.8 Å². The zero-order valence-corrected chi connectivity index (χ0v) is 14.0. The first kappa shape index (κ1) is 16.2. The molecule has 0 radical (unpaired) electrons.